The highest BCUT2D eigenvalue weighted by Crippen LogP contribution is 1.85. The third-order valence-electron chi connectivity index (χ3n) is 0.691. The van der Waals surface area contributed by atoms with Gasteiger partial charge in [0.2, 0.25) is 0 Å². The Morgan fingerprint density at radius 3 is 1.91 bits per heavy atom. The van der Waals surface area contributed by atoms with Crippen molar-refractivity contribution in [2.75, 3.05) is 6.26 Å². The van der Waals surface area contributed by atoms with Crippen LogP contribution in [0.25, 0.3) is 0 Å². The van der Waals surface area contributed by atoms with Gasteiger partial charge in [-0.05, 0) is 13.3 Å². The highest BCUT2D eigenvalue weighted by atomic mass is 32.2. The summed E-state index contributed by atoms with van der Waals surface area (Å²) in [5.74, 6) is 0. The summed E-state index contributed by atoms with van der Waals surface area (Å²) >= 11 is 0. The highest BCUT2D eigenvalue weighted by Gasteiger charge is 1.81. The molecule has 0 atom stereocenters. The van der Waals surface area contributed by atoms with Gasteiger partial charge in [-0.2, -0.15) is 8.42 Å². The molecule has 0 spiro atoms. The Morgan fingerprint density at radius 1 is 1.45 bits per heavy atom. The summed E-state index contributed by atoms with van der Waals surface area (Å²) in [6, 6.07) is 0. The number of rotatable bonds is 2. The van der Waals surface area contributed by atoms with Gasteiger partial charge in [-0.1, -0.05) is 25.5 Å². The fourth-order valence-corrected chi connectivity index (χ4v) is 0.333. The molecule has 0 unspecified atom stereocenters. The molecule has 0 aliphatic heterocycles. The molecule has 0 amide bonds. The van der Waals surface area contributed by atoms with Crippen LogP contribution in [0, 0.1) is 0 Å². The largest absolute Gasteiger partial charge is 0.286 e. The molecule has 1 N–H and O–H groups in total. The van der Waals surface area contributed by atoms with Crippen LogP contribution >= 0.6 is 0 Å². The second-order valence-corrected chi connectivity index (χ2v) is 3.56. The SMILES string of the molecule is CC=CCCC.CS(=O)(=O)O. The summed E-state index contributed by atoms with van der Waals surface area (Å²) in [6.07, 6.45) is 7.48. The van der Waals surface area contributed by atoms with Crippen molar-refractivity contribution in [3.8, 4) is 0 Å². The van der Waals surface area contributed by atoms with Gasteiger partial charge in [-0.15, -0.1) is 0 Å². The van der Waals surface area contributed by atoms with Gasteiger partial charge in [-0.3, -0.25) is 4.55 Å². The van der Waals surface area contributed by atoms with Crippen molar-refractivity contribution < 1.29 is 13.0 Å². The third kappa shape index (κ3) is 80.4. The Labute approximate surface area is 68.9 Å². The van der Waals surface area contributed by atoms with E-state index in [1.807, 2.05) is 0 Å². The molecule has 0 fully saturated rings. The summed E-state index contributed by atoms with van der Waals surface area (Å²) in [6.45, 7) is 4.23. The maximum Gasteiger partial charge on any atom is 0.261 e. The van der Waals surface area contributed by atoms with Crippen LogP contribution in [0.3, 0.4) is 0 Å². The number of unbranched alkanes of at least 4 members (excludes halogenated alkanes) is 1. The third-order valence-corrected chi connectivity index (χ3v) is 0.691. The van der Waals surface area contributed by atoms with E-state index in [2.05, 4.69) is 26.0 Å². The van der Waals surface area contributed by atoms with E-state index in [0.29, 0.717) is 6.26 Å². The first kappa shape index (κ1) is 13.3. The van der Waals surface area contributed by atoms with Crippen molar-refractivity contribution in [1.29, 1.82) is 0 Å². The maximum absolute atomic E-state index is 9.19. The lowest BCUT2D eigenvalue weighted by atomic mass is 10.3. The van der Waals surface area contributed by atoms with Crippen molar-refractivity contribution >= 4 is 10.1 Å². The van der Waals surface area contributed by atoms with E-state index in [1.54, 1.807) is 0 Å². The van der Waals surface area contributed by atoms with Gasteiger partial charge >= 0.3 is 0 Å². The van der Waals surface area contributed by atoms with Crippen LogP contribution in [0.1, 0.15) is 26.7 Å². The van der Waals surface area contributed by atoms with Gasteiger partial charge in [0.05, 0.1) is 6.26 Å². The molecule has 0 saturated heterocycles. The van der Waals surface area contributed by atoms with Gasteiger partial charge in [-0.25, -0.2) is 0 Å². The topological polar surface area (TPSA) is 54.4 Å². The molecule has 0 rings (SSSR count). The molecule has 0 aromatic carbocycles. The minimum absolute atomic E-state index is 0.715. The molecule has 68 valence electrons. The van der Waals surface area contributed by atoms with E-state index in [-0.39, 0.29) is 0 Å². The lowest BCUT2D eigenvalue weighted by Gasteiger charge is -1.76. The smallest absolute Gasteiger partial charge is 0.261 e. The van der Waals surface area contributed by atoms with Crippen LogP contribution in [0.2, 0.25) is 0 Å². The number of hydrogen-bond acceptors (Lipinski definition) is 2. The van der Waals surface area contributed by atoms with Gasteiger partial charge in [0.1, 0.15) is 0 Å². The van der Waals surface area contributed by atoms with E-state index in [0.717, 1.165) is 0 Å². The standard InChI is InChI=1S/C6H12.CH4O3S/c1-3-5-6-4-2;1-5(2,3)4/h3,5H,4,6H2,1-2H3;1H3,(H,2,3,4). The Kier molecular flexibility index (Phi) is 9.34. The second-order valence-electron chi connectivity index (χ2n) is 2.09. The normalized spacial score (nSPS) is 10.9. The fraction of sp³-hybridized carbons (Fsp3) is 0.714. The van der Waals surface area contributed by atoms with E-state index < -0.39 is 10.1 Å². The van der Waals surface area contributed by atoms with Crippen LogP contribution in [-0.2, 0) is 10.1 Å². The molecule has 3 nitrogen and oxygen atoms in total. The lowest BCUT2D eigenvalue weighted by Crippen LogP contribution is -1.88. The summed E-state index contributed by atoms with van der Waals surface area (Å²) in [7, 11) is -3.67. The summed E-state index contributed by atoms with van der Waals surface area (Å²) in [4.78, 5) is 0. The van der Waals surface area contributed by atoms with E-state index in [1.165, 1.54) is 12.8 Å². The Bertz CT molecular complexity index is 172. The summed E-state index contributed by atoms with van der Waals surface area (Å²) in [5, 5.41) is 0. The Hall–Kier alpha value is -0.350. The van der Waals surface area contributed by atoms with Crippen LogP contribution < -0.4 is 0 Å². The Morgan fingerprint density at radius 2 is 1.82 bits per heavy atom. The molecule has 0 heterocycles. The monoisotopic (exact) mass is 180 g/mol. The van der Waals surface area contributed by atoms with Crippen molar-refractivity contribution in [2.24, 2.45) is 0 Å². The molecule has 0 bridgehead atoms. The minimum atomic E-state index is -3.67. The summed E-state index contributed by atoms with van der Waals surface area (Å²) in [5.41, 5.74) is 0. The first-order valence-electron chi connectivity index (χ1n) is 3.45. The fourth-order valence-electron chi connectivity index (χ4n) is 0.333. The number of hydrogen-bond donors (Lipinski definition) is 1. The zero-order valence-electron chi connectivity index (χ0n) is 7.24. The first-order valence-corrected chi connectivity index (χ1v) is 5.30. The molecule has 0 aliphatic rings. The average Bonchev–Trinajstić information content (AvgIpc) is 1.79. The first-order chi connectivity index (χ1) is 4.91. The van der Waals surface area contributed by atoms with Crippen LogP contribution in [0.15, 0.2) is 12.2 Å². The van der Waals surface area contributed by atoms with Crippen LogP contribution in [-0.4, -0.2) is 19.2 Å². The zero-order chi connectivity index (χ0) is 9.33. The predicted octanol–water partition coefficient (Wildman–Crippen LogP) is 1.87. The molecule has 11 heavy (non-hydrogen) atoms. The minimum Gasteiger partial charge on any atom is -0.286 e. The second kappa shape index (κ2) is 7.75. The van der Waals surface area contributed by atoms with Crippen LogP contribution in [0.5, 0.6) is 0 Å². The highest BCUT2D eigenvalue weighted by molar-refractivity contribution is 7.85. The predicted molar refractivity (Wildman–Crippen MR) is 47.2 cm³/mol. The molecule has 0 aromatic heterocycles. The van der Waals surface area contributed by atoms with Crippen molar-refractivity contribution in [3.63, 3.8) is 0 Å². The van der Waals surface area contributed by atoms with E-state index in [4.69, 9.17) is 4.55 Å². The van der Waals surface area contributed by atoms with Crippen molar-refractivity contribution in [3.05, 3.63) is 12.2 Å². The van der Waals surface area contributed by atoms with Gasteiger partial charge < -0.3 is 0 Å². The average molecular weight is 180 g/mol. The van der Waals surface area contributed by atoms with Crippen LogP contribution in [0.4, 0.5) is 0 Å². The molecule has 4 heteroatoms. The molecule has 0 aromatic rings. The quantitative estimate of drug-likeness (QED) is 0.521. The number of allylic oxidation sites excluding steroid dienone is 2. The van der Waals surface area contributed by atoms with E-state index >= 15 is 0 Å². The lowest BCUT2D eigenvalue weighted by molar-refractivity contribution is 0.490. The molecule has 0 radical (unpaired) electrons. The van der Waals surface area contributed by atoms with Crippen molar-refractivity contribution in [2.45, 2.75) is 26.7 Å². The summed E-state index contributed by atoms with van der Waals surface area (Å²) < 4.78 is 25.9. The van der Waals surface area contributed by atoms with E-state index in [9.17, 15) is 8.42 Å². The van der Waals surface area contributed by atoms with Gasteiger partial charge in [0.25, 0.3) is 10.1 Å². The Balaban J connectivity index is 0. The molecule has 0 saturated carbocycles. The molecular formula is C7H16O3S. The maximum atomic E-state index is 9.19. The van der Waals surface area contributed by atoms with Crippen molar-refractivity contribution in [1.82, 2.24) is 0 Å². The van der Waals surface area contributed by atoms with Gasteiger partial charge in [0.15, 0.2) is 0 Å². The van der Waals surface area contributed by atoms with Gasteiger partial charge in [0, 0.05) is 0 Å². The zero-order valence-corrected chi connectivity index (χ0v) is 8.06. The molecular weight excluding hydrogens is 164 g/mol. The molecule has 0 aliphatic carbocycles.